The first-order valence-electron chi connectivity index (χ1n) is 6.94. The molecule has 6 heteroatoms. The summed E-state index contributed by atoms with van der Waals surface area (Å²) in [7, 11) is 1.64. The van der Waals surface area contributed by atoms with Gasteiger partial charge < -0.3 is 27.2 Å². The Morgan fingerprint density at radius 2 is 2.17 bits per heavy atom. The SMILES string of the molecule is C=CCNCc1cc(Br)c(OCc2cccnc2)c(OC)c1.[Cl-]. The van der Waals surface area contributed by atoms with E-state index in [9.17, 15) is 0 Å². The summed E-state index contributed by atoms with van der Waals surface area (Å²) in [6, 6.07) is 7.86. The number of benzene rings is 1. The standard InChI is InChI=1S/C17H19BrN2O2.ClH/c1-3-6-19-11-14-8-15(18)17(16(9-14)21-2)22-12-13-5-4-7-20-10-13;/h3-5,7-10,19H,1,6,11-12H2,2H3;1H/p-1. The van der Waals surface area contributed by atoms with Gasteiger partial charge in [-0.2, -0.15) is 0 Å². The largest absolute Gasteiger partial charge is 1.00 e. The third-order valence-corrected chi connectivity index (χ3v) is 3.60. The lowest BCUT2D eigenvalue weighted by atomic mass is 10.2. The van der Waals surface area contributed by atoms with Gasteiger partial charge >= 0.3 is 0 Å². The molecule has 0 amide bonds. The lowest BCUT2D eigenvalue weighted by Crippen LogP contribution is -3.00. The number of aromatic nitrogens is 1. The summed E-state index contributed by atoms with van der Waals surface area (Å²) in [5.74, 6) is 1.40. The summed E-state index contributed by atoms with van der Waals surface area (Å²) in [4.78, 5) is 4.08. The fraction of sp³-hybridized carbons (Fsp3) is 0.235. The van der Waals surface area contributed by atoms with Crippen molar-refractivity contribution in [2.24, 2.45) is 0 Å². The minimum Gasteiger partial charge on any atom is -1.00 e. The van der Waals surface area contributed by atoms with Gasteiger partial charge in [-0.15, -0.1) is 6.58 Å². The van der Waals surface area contributed by atoms with Gasteiger partial charge in [0.2, 0.25) is 0 Å². The summed E-state index contributed by atoms with van der Waals surface area (Å²) in [6.07, 6.45) is 5.36. The number of rotatable bonds is 8. The van der Waals surface area contributed by atoms with Crippen molar-refractivity contribution in [2.45, 2.75) is 13.2 Å². The highest BCUT2D eigenvalue weighted by atomic mass is 79.9. The van der Waals surface area contributed by atoms with Crippen molar-refractivity contribution in [3.8, 4) is 11.5 Å². The lowest BCUT2D eigenvalue weighted by molar-refractivity contribution is -0.00000501. The Morgan fingerprint density at radius 1 is 1.35 bits per heavy atom. The van der Waals surface area contributed by atoms with Crippen LogP contribution in [0.3, 0.4) is 0 Å². The van der Waals surface area contributed by atoms with Crippen molar-refractivity contribution in [1.29, 1.82) is 0 Å². The number of nitrogens with one attached hydrogen (secondary N) is 1. The van der Waals surface area contributed by atoms with Crippen molar-refractivity contribution in [2.75, 3.05) is 13.7 Å². The second-order valence-electron chi connectivity index (χ2n) is 4.68. The molecule has 0 radical (unpaired) electrons. The number of hydrogen-bond acceptors (Lipinski definition) is 4. The Bertz CT molecular complexity index is 623. The fourth-order valence-corrected chi connectivity index (χ4v) is 2.58. The fourth-order valence-electron chi connectivity index (χ4n) is 1.97. The number of ether oxygens (including phenoxy) is 2. The van der Waals surface area contributed by atoms with Crippen LogP contribution in [0.2, 0.25) is 0 Å². The van der Waals surface area contributed by atoms with Crippen molar-refractivity contribution in [3.63, 3.8) is 0 Å². The summed E-state index contributed by atoms with van der Waals surface area (Å²) < 4.78 is 12.2. The Balaban J connectivity index is 0.00000264. The van der Waals surface area contributed by atoms with Crippen LogP contribution >= 0.6 is 15.9 Å². The second kappa shape index (κ2) is 10.3. The zero-order valence-corrected chi connectivity index (χ0v) is 15.2. The molecule has 4 nitrogen and oxygen atoms in total. The quantitative estimate of drug-likeness (QED) is 0.525. The predicted molar refractivity (Wildman–Crippen MR) is 91.2 cm³/mol. The van der Waals surface area contributed by atoms with Crippen molar-refractivity contribution in [1.82, 2.24) is 10.3 Å². The van der Waals surface area contributed by atoms with E-state index in [4.69, 9.17) is 9.47 Å². The molecule has 2 rings (SSSR count). The van der Waals surface area contributed by atoms with E-state index in [0.717, 1.165) is 28.7 Å². The Hall–Kier alpha value is -1.56. The molecule has 0 saturated carbocycles. The molecule has 0 unspecified atom stereocenters. The zero-order chi connectivity index (χ0) is 15.8. The molecule has 2 aromatic rings. The minimum absolute atomic E-state index is 0. The second-order valence-corrected chi connectivity index (χ2v) is 5.53. The summed E-state index contributed by atoms with van der Waals surface area (Å²) in [5.41, 5.74) is 2.12. The number of halogens is 2. The van der Waals surface area contributed by atoms with E-state index in [1.54, 1.807) is 19.5 Å². The van der Waals surface area contributed by atoms with E-state index in [1.807, 2.05) is 30.3 Å². The van der Waals surface area contributed by atoms with Crippen molar-refractivity contribution in [3.05, 3.63) is 64.9 Å². The van der Waals surface area contributed by atoms with Crippen LogP contribution in [-0.4, -0.2) is 18.6 Å². The Kier molecular flexibility index (Phi) is 8.69. The molecule has 1 aromatic heterocycles. The van der Waals surface area contributed by atoms with Crippen LogP contribution in [0.15, 0.2) is 53.8 Å². The summed E-state index contributed by atoms with van der Waals surface area (Å²) in [6.45, 7) is 5.63. The van der Waals surface area contributed by atoms with E-state index in [-0.39, 0.29) is 12.4 Å². The molecule has 124 valence electrons. The van der Waals surface area contributed by atoms with Gasteiger partial charge in [-0.05, 0) is 39.7 Å². The van der Waals surface area contributed by atoms with Gasteiger partial charge in [0.15, 0.2) is 11.5 Å². The maximum Gasteiger partial charge on any atom is 0.175 e. The van der Waals surface area contributed by atoms with Crippen LogP contribution in [0.4, 0.5) is 0 Å². The average molecular weight is 399 g/mol. The third kappa shape index (κ3) is 5.86. The highest BCUT2D eigenvalue weighted by Gasteiger charge is 2.12. The van der Waals surface area contributed by atoms with Crippen molar-refractivity contribution < 1.29 is 21.9 Å². The Labute approximate surface area is 151 Å². The van der Waals surface area contributed by atoms with Gasteiger partial charge in [-0.25, -0.2) is 0 Å². The molecule has 23 heavy (non-hydrogen) atoms. The van der Waals surface area contributed by atoms with Crippen LogP contribution in [0.5, 0.6) is 11.5 Å². The van der Waals surface area contributed by atoms with E-state index < -0.39 is 0 Å². The molecule has 0 spiro atoms. The van der Waals surface area contributed by atoms with E-state index >= 15 is 0 Å². The van der Waals surface area contributed by atoms with Gasteiger partial charge in [-0.3, -0.25) is 4.98 Å². The minimum atomic E-state index is 0. The van der Waals surface area contributed by atoms with Gasteiger partial charge in [0, 0.05) is 31.0 Å². The topological polar surface area (TPSA) is 43.4 Å². The normalized spacial score (nSPS) is 9.83. The van der Waals surface area contributed by atoms with E-state index in [1.165, 1.54) is 0 Å². The highest BCUT2D eigenvalue weighted by Crippen LogP contribution is 2.37. The molecule has 0 atom stereocenters. The van der Waals surface area contributed by atoms with Crippen LogP contribution in [-0.2, 0) is 13.2 Å². The zero-order valence-electron chi connectivity index (χ0n) is 12.9. The van der Waals surface area contributed by atoms with Crippen LogP contribution in [0.25, 0.3) is 0 Å². The molecular formula is C17H19BrClN2O2-. The van der Waals surface area contributed by atoms with Crippen LogP contribution in [0.1, 0.15) is 11.1 Å². The van der Waals surface area contributed by atoms with Crippen molar-refractivity contribution >= 4 is 15.9 Å². The molecule has 0 aliphatic rings. The number of hydrogen-bond donors (Lipinski definition) is 1. The predicted octanol–water partition coefficient (Wildman–Crippen LogP) is 0.711. The summed E-state index contributed by atoms with van der Waals surface area (Å²) >= 11 is 3.55. The third-order valence-electron chi connectivity index (χ3n) is 3.01. The molecule has 1 N–H and O–H groups in total. The Morgan fingerprint density at radius 3 is 2.83 bits per heavy atom. The van der Waals surface area contributed by atoms with E-state index in [0.29, 0.717) is 18.1 Å². The first-order chi connectivity index (χ1) is 10.7. The molecule has 0 bridgehead atoms. The molecule has 0 saturated heterocycles. The van der Waals surface area contributed by atoms with Gasteiger partial charge in [0.05, 0.1) is 11.6 Å². The lowest BCUT2D eigenvalue weighted by Gasteiger charge is -2.14. The molecule has 1 heterocycles. The maximum absolute atomic E-state index is 5.88. The maximum atomic E-state index is 5.88. The molecule has 0 aliphatic heterocycles. The molecule has 0 fully saturated rings. The first-order valence-corrected chi connectivity index (χ1v) is 7.73. The number of pyridine rings is 1. The average Bonchev–Trinajstić information content (AvgIpc) is 2.54. The molecular weight excluding hydrogens is 380 g/mol. The molecule has 1 aromatic carbocycles. The summed E-state index contributed by atoms with van der Waals surface area (Å²) in [5, 5.41) is 3.26. The van der Waals surface area contributed by atoms with Gasteiger partial charge in [-0.1, -0.05) is 12.1 Å². The van der Waals surface area contributed by atoms with E-state index in [2.05, 4.69) is 32.8 Å². The smallest absolute Gasteiger partial charge is 0.175 e. The first kappa shape index (κ1) is 19.5. The van der Waals surface area contributed by atoms with Crippen LogP contribution in [0, 0.1) is 0 Å². The highest BCUT2D eigenvalue weighted by molar-refractivity contribution is 9.10. The van der Waals surface area contributed by atoms with Crippen LogP contribution < -0.4 is 27.2 Å². The number of methoxy groups -OCH3 is 1. The monoisotopic (exact) mass is 397 g/mol. The van der Waals surface area contributed by atoms with Gasteiger partial charge in [0.1, 0.15) is 6.61 Å². The van der Waals surface area contributed by atoms with Gasteiger partial charge in [0.25, 0.3) is 0 Å². The molecule has 0 aliphatic carbocycles. The number of nitrogens with zero attached hydrogens (tertiary/aromatic N) is 1.